The third-order valence-corrected chi connectivity index (χ3v) is 4.92. The molecule has 1 N–H and O–H groups in total. The van der Waals surface area contributed by atoms with Gasteiger partial charge in [-0.25, -0.2) is 0 Å². The van der Waals surface area contributed by atoms with Gasteiger partial charge in [-0.15, -0.1) is 0 Å². The van der Waals surface area contributed by atoms with Crippen molar-refractivity contribution >= 4 is 0 Å². The fourth-order valence-electron chi connectivity index (χ4n) is 3.57. The SMILES string of the molecule is Cc1cc2c(n1CCCOCC1CC1)CC(C)(C)CC2O. The summed E-state index contributed by atoms with van der Waals surface area (Å²) < 4.78 is 8.14. The molecule has 3 heteroatoms. The molecule has 1 heterocycles. The lowest BCUT2D eigenvalue weighted by Crippen LogP contribution is -2.27. The van der Waals surface area contributed by atoms with E-state index in [-0.39, 0.29) is 11.5 Å². The Balaban J connectivity index is 1.62. The van der Waals surface area contributed by atoms with Gasteiger partial charge in [-0.05, 0) is 56.4 Å². The number of fused-ring (bicyclic) bond motifs is 1. The van der Waals surface area contributed by atoms with Crippen LogP contribution in [-0.2, 0) is 17.7 Å². The number of hydrogen-bond donors (Lipinski definition) is 1. The van der Waals surface area contributed by atoms with Crippen LogP contribution in [0.25, 0.3) is 0 Å². The second-order valence-electron chi connectivity index (χ2n) is 7.77. The van der Waals surface area contributed by atoms with E-state index in [0.717, 1.165) is 50.5 Å². The topological polar surface area (TPSA) is 34.4 Å². The number of nitrogens with zero attached hydrogens (tertiary/aromatic N) is 1. The van der Waals surface area contributed by atoms with Crippen LogP contribution < -0.4 is 0 Å². The zero-order valence-corrected chi connectivity index (χ0v) is 13.7. The summed E-state index contributed by atoms with van der Waals surface area (Å²) in [5.41, 5.74) is 3.97. The van der Waals surface area contributed by atoms with Crippen LogP contribution in [0.1, 0.15) is 62.6 Å². The zero-order chi connectivity index (χ0) is 15.0. The minimum atomic E-state index is -0.296. The molecule has 118 valence electrons. The number of rotatable bonds is 6. The largest absolute Gasteiger partial charge is 0.388 e. The minimum absolute atomic E-state index is 0.192. The number of aryl methyl sites for hydroxylation is 1. The van der Waals surface area contributed by atoms with E-state index in [2.05, 4.69) is 31.4 Å². The molecule has 0 amide bonds. The molecule has 1 unspecified atom stereocenters. The normalized spacial score (nSPS) is 24.1. The second kappa shape index (κ2) is 5.77. The van der Waals surface area contributed by atoms with Crippen molar-refractivity contribution in [2.75, 3.05) is 13.2 Å². The molecule has 0 bridgehead atoms. The van der Waals surface area contributed by atoms with Gasteiger partial charge in [0, 0.05) is 36.7 Å². The first kappa shape index (κ1) is 15.1. The van der Waals surface area contributed by atoms with E-state index in [1.54, 1.807) is 0 Å². The molecule has 2 aliphatic carbocycles. The average Bonchev–Trinajstić information content (AvgIpc) is 3.15. The molecule has 1 fully saturated rings. The highest BCUT2D eigenvalue weighted by Gasteiger charge is 2.33. The van der Waals surface area contributed by atoms with Gasteiger partial charge in [0.1, 0.15) is 0 Å². The first-order chi connectivity index (χ1) is 9.96. The fraction of sp³-hybridized carbons (Fsp3) is 0.778. The Hall–Kier alpha value is -0.800. The van der Waals surface area contributed by atoms with Gasteiger partial charge in [-0.3, -0.25) is 0 Å². The van der Waals surface area contributed by atoms with Crippen molar-refractivity contribution in [3.8, 4) is 0 Å². The van der Waals surface area contributed by atoms with Gasteiger partial charge in [0.25, 0.3) is 0 Å². The predicted octanol–water partition coefficient (Wildman–Crippen LogP) is 3.62. The summed E-state index contributed by atoms with van der Waals surface area (Å²) in [6, 6.07) is 2.18. The molecule has 0 spiro atoms. The maximum absolute atomic E-state index is 10.4. The standard InChI is InChI=1S/C18H29NO2/c1-13-9-15-16(10-18(2,3)11-17(15)20)19(13)7-4-8-21-12-14-5-6-14/h9,14,17,20H,4-8,10-12H2,1-3H3. The molecule has 2 aliphatic rings. The first-order valence-corrected chi connectivity index (χ1v) is 8.41. The van der Waals surface area contributed by atoms with Crippen LogP contribution in [0, 0.1) is 18.3 Å². The monoisotopic (exact) mass is 291 g/mol. The van der Waals surface area contributed by atoms with Crippen molar-refractivity contribution < 1.29 is 9.84 Å². The lowest BCUT2D eigenvalue weighted by atomic mass is 9.75. The molecule has 0 aromatic carbocycles. The van der Waals surface area contributed by atoms with Gasteiger partial charge in [0.2, 0.25) is 0 Å². The molecular weight excluding hydrogens is 262 g/mol. The number of hydrogen-bond acceptors (Lipinski definition) is 2. The van der Waals surface area contributed by atoms with Gasteiger partial charge >= 0.3 is 0 Å². The van der Waals surface area contributed by atoms with Crippen molar-refractivity contribution in [2.45, 2.75) is 65.5 Å². The maximum Gasteiger partial charge on any atom is 0.0812 e. The van der Waals surface area contributed by atoms with E-state index in [1.807, 2.05) is 0 Å². The lowest BCUT2D eigenvalue weighted by Gasteiger charge is -2.34. The van der Waals surface area contributed by atoms with Crippen LogP contribution >= 0.6 is 0 Å². The number of aromatic nitrogens is 1. The van der Waals surface area contributed by atoms with Crippen LogP contribution in [0.3, 0.4) is 0 Å². The first-order valence-electron chi connectivity index (χ1n) is 8.41. The van der Waals surface area contributed by atoms with Crippen molar-refractivity contribution in [3.63, 3.8) is 0 Å². The number of ether oxygens (including phenoxy) is 1. The smallest absolute Gasteiger partial charge is 0.0812 e. The maximum atomic E-state index is 10.4. The Morgan fingerprint density at radius 3 is 2.86 bits per heavy atom. The molecule has 3 rings (SSSR count). The Bertz CT molecular complexity index is 500. The Kier molecular flexibility index (Phi) is 4.15. The van der Waals surface area contributed by atoms with Gasteiger partial charge in [-0.1, -0.05) is 13.8 Å². The highest BCUT2D eigenvalue weighted by molar-refractivity contribution is 5.33. The molecule has 3 nitrogen and oxygen atoms in total. The van der Waals surface area contributed by atoms with E-state index in [1.165, 1.54) is 24.2 Å². The fourth-order valence-corrected chi connectivity index (χ4v) is 3.57. The molecule has 0 radical (unpaired) electrons. The second-order valence-corrected chi connectivity index (χ2v) is 7.77. The summed E-state index contributed by atoms with van der Waals surface area (Å²) in [6.45, 7) is 9.48. The molecule has 1 saturated carbocycles. The average molecular weight is 291 g/mol. The summed E-state index contributed by atoms with van der Waals surface area (Å²) >= 11 is 0. The third-order valence-electron chi connectivity index (χ3n) is 4.92. The van der Waals surface area contributed by atoms with Gasteiger partial charge in [0.15, 0.2) is 0 Å². The molecular formula is C18H29NO2. The molecule has 0 saturated heterocycles. The summed E-state index contributed by atoms with van der Waals surface area (Å²) in [4.78, 5) is 0. The summed E-state index contributed by atoms with van der Waals surface area (Å²) in [5, 5.41) is 10.4. The van der Waals surface area contributed by atoms with E-state index in [9.17, 15) is 5.11 Å². The Labute approximate surface area is 128 Å². The van der Waals surface area contributed by atoms with E-state index in [0.29, 0.717) is 0 Å². The lowest BCUT2D eigenvalue weighted by molar-refractivity contribution is 0.0970. The summed E-state index contributed by atoms with van der Waals surface area (Å²) in [5.74, 6) is 0.849. The molecule has 21 heavy (non-hydrogen) atoms. The Morgan fingerprint density at radius 2 is 2.14 bits per heavy atom. The molecule has 0 aliphatic heterocycles. The van der Waals surface area contributed by atoms with E-state index < -0.39 is 0 Å². The van der Waals surface area contributed by atoms with E-state index >= 15 is 0 Å². The molecule has 1 aromatic rings. The van der Waals surface area contributed by atoms with Crippen molar-refractivity contribution in [1.29, 1.82) is 0 Å². The minimum Gasteiger partial charge on any atom is -0.388 e. The number of aliphatic hydroxyl groups excluding tert-OH is 1. The highest BCUT2D eigenvalue weighted by atomic mass is 16.5. The zero-order valence-electron chi connectivity index (χ0n) is 13.7. The van der Waals surface area contributed by atoms with Crippen molar-refractivity contribution in [3.05, 3.63) is 23.0 Å². The molecule has 1 atom stereocenters. The third kappa shape index (κ3) is 3.51. The van der Waals surface area contributed by atoms with E-state index in [4.69, 9.17) is 4.74 Å². The van der Waals surface area contributed by atoms with Crippen LogP contribution in [0.15, 0.2) is 6.07 Å². The van der Waals surface area contributed by atoms with Crippen molar-refractivity contribution in [2.24, 2.45) is 11.3 Å². The van der Waals surface area contributed by atoms with Gasteiger partial charge in [-0.2, -0.15) is 0 Å². The van der Waals surface area contributed by atoms with Gasteiger partial charge < -0.3 is 14.4 Å². The quantitative estimate of drug-likeness (QED) is 0.812. The predicted molar refractivity (Wildman–Crippen MR) is 84.4 cm³/mol. The van der Waals surface area contributed by atoms with Crippen LogP contribution in [0.2, 0.25) is 0 Å². The van der Waals surface area contributed by atoms with Crippen LogP contribution in [0.5, 0.6) is 0 Å². The van der Waals surface area contributed by atoms with Crippen LogP contribution in [0.4, 0.5) is 0 Å². The summed E-state index contributed by atoms with van der Waals surface area (Å²) in [7, 11) is 0. The number of aliphatic hydroxyl groups is 1. The van der Waals surface area contributed by atoms with Crippen LogP contribution in [-0.4, -0.2) is 22.9 Å². The van der Waals surface area contributed by atoms with Gasteiger partial charge in [0.05, 0.1) is 6.10 Å². The molecule has 1 aromatic heterocycles. The highest BCUT2D eigenvalue weighted by Crippen LogP contribution is 2.42. The Morgan fingerprint density at radius 1 is 1.38 bits per heavy atom. The summed E-state index contributed by atoms with van der Waals surface area (Å²) in [6.07, 6.45) is 5.42. The van der Waals surface area contributed by atoms with Crippen molar-refractivity contribution in [1.82, 2.24) is 4.57 Å².